The van der Waals surface area contributed by atoms with Crippen LogP contribution in [0.15, 0.2) is 29.3 Å². The van der Waals surface area contributed by atoms with Crippen LogP contribution in [0.5, 0.6) is 0 Å². The van der Waals surface area contributed by atoms with Crippen molar-refractivity contribution in [2.75, 3.05) is 0 Å². The lowest BCUT2D eigenvalue weighted by Crippen LogP contribution is -2.64. The lowest BCUT2D eigenvalue weighted by Gasteiger charge is -2.39. The summed E-state index contributed by atoms with van der Waals surface area (Å²) in [7, 11) is 0. The molecule has 2 N–H and O–H groups in total. The highest BCUT2D eigenvalue weighted by Crippen LogP contribution is 2.36. The number of nitrogens with one attached hydrogen (secondary N) is 2. The Labute approximate surface area is 137 Å². The zero-order valence-electron chi connectivity index (χ0n) is 14.3. The van der Waals surface area contributed by atoms with Crippen LogP contribution in [0.2, 0.25) is 0 Å². The van der Waals surface area contributed by atoms with Crippen molar-refractivity contribution in [2.24, 2.45) is 16.3 Å². The summed E-state index contributed by atoms with van der Waals surface area (Å²) in [5.41, 5.74) is 0.699. The van der Waals surface area contributed by atoms with Gasteiger partial charge in [-0.15, -0.1) is 0 Å². The number of aryl methyl sites for hydroxylation is 1. The SMILES string of the molecule is CCC[C@@H](C)C1(CC)C(=O)NC(=Nc2ccccc2C)NC1=O. The summed E-state index contributed by atoms with van der Waals surface area (Å²) < 4.78 is 0. The molecule has 1 aliphatic heterocycles. The van der Waals surface area contributed by atoms with Crippen molar-refractivity contribution in [1.29, 1.82) is 0 Å². The third-order valence-corrected chi connectivity index (χ3v) is 4.74. The van der Waals surface area contributed by atoms with Gasteiger partial charge >= 0.3 is 0 Å². The van der Waals surface area contributed by atoms with E-state index < -0.39 is 5.41 Å². The first-order valence-electron chi connectivity index (χ1n) is 8.22. The third-order valence-electron chi connectivity index (χ3n) is 4.74. The van der Waals surface area contributed by atoms with Gasteiger partial charge in [0, 0.05) is 0 Å². The Hall–Kier alpha value is -2.17. The molecule has 0 radical (unpaired) electrons. The molecule has 23 heavy (non-hydrogen) atoms. The van der Waals surface area contributed by atoms with Gasteiger partial charge in [-0.05, 0) is 37.3 Å². The second-order valence-corrected chi connectivity index (χ2v) is 6.17. The molecule has 0 spiro atoms. The Balaban J connectivity index is 2.30. The van der Waals surface area contributed by atoms with E-state index in [4.69, 9.17) is 0 Å². The summed E-state index contributed by atoms with van der Waals surface area (Å²) >= 11 is 0. The van der Waals surface area contributed by atoms with E-state index in [9.17, 15) is 9.59 Å². The molecular formula is C18H25N3O2. The summed E-state index contributed by atoms with van der Waals surface area (Å²) in [6.07, 6.45) is 2.25. The average Bonchev–Trinajstić information content (AvgIpc) is 2.50. The van der Waals surface area contributed by atoms with Crippen molar-refractivity contribution in [3.05, 3.63) is 29.8 Å². The maximum atomic E-state index is 12.7. The molecule has 1 aromatic rings. The molecule has 0 aliphatic carbocycles. The molecule has 124 valence electrons. The number of hydrogen-bond donors (Lipinski definition) is 2. The quantitative estimate of drug-likeness (QED) is 0.820. The fourth-order valence-electron chi connectivity index (χ4n) is 3.23. The molecule has 0 unspecified atom stereocenters. The second-order valence-electron chi connectivity index (χ2n) is 6.17. The first-order chi connectivity index (χ1) is 11.0. The normalized spacial score (nSPS) is 22.3. The minimum absolute atomic E-state index is 0.0162. The van der Waals surface area contributed by atoms with Gasteiger partial charge in [0.25, 0.3) is 0 Å². The molecule has 1 aliphatic rings. The highest BCUT2D eigenvalue weighted by Gasteiger charge is 2.51. The van der Waals surface area contributed by atoms with Gasteiger partial charge in [-0.3, -0.25) is 20.2 Å². The number of guanidine groups is 1. The van der Waals surface area contributed by atoms with Gasteiger partial charge in [-0.2, -0.15) is 0 Å². The lowest BCUT2D eigenvalue weighted by atomic mass is 9.70. The van der Waals surface area contributed by atoms with Gasteiger partial charge in [-0.25, -0.2) is 4.99 Å². The number of rotatable bonds is 5. The van der Waals surface area contributed by atoms with Crippen LogP contribution in [0.3, 0.4) is 0 Å². The van der Waals surface area contributed by atoms with E-state index >= 15 is 0 Å². The third kappa shape index (κ3) is 3.14. The first kappa shape index (κ1) is 17.2. The van der Waals surface area contributed by atoms with Crippen molar-refractivity contribution in [3.63, 3.8) is 0 Å². The van der Waals surface area contributed by atoms with Crippen LogP contribution in [-0.2, 0) is 9.59 Å². The number of carbonyl (C=O) groups excluding carboxylic acids is 2. The molecule has 5 nitrogen and oxygen atoms in total. The molecule has 0 bridgehead atoms. The number of aliphatic imine (C=N–C) groups is 1. The molecule has 2 amide bonds. The zero-order valence-corrected chi connectivity index (χ0v) is 14.3. The van der Waals surface area contributed by atoms with Crippen molar-refractivity contribution in [2.45, 2.75) is 47.0 Å². The lowest BCUT2D eigenvalue weighted by molar-refractivity contribution is -0.147. The summed E-state index contributed by atoms with van der Waals surface area (Å²) in [6, 6.07) is 7.58. The molecule has 1 heterocycles. The van der Waals surface area contributed by atoms with Crippen LogP contribution in [-0.4, -0.2) is 17.8 Å². The van der Waals surface area contributed by atoms with Gasteiger partial charge in [-0.1, -0.05) is 45.4 Å². The highest BCUT2D eigenvalue weighted by molar-refractivity contribution is 6.20. The van der Waals surface area contributed by atoms with E-state index in [2.05, 4.69) is 22.5 Å². The van der Waals surface area contributed by atoms with Crippen LogP contribution in [0.1, 0.15) is 45.6 Å². The topological polar surface area (TPSA) is 70.6 Å². The van der Waals surface area contributed by atoms with Crippen LogP contribution in [0.4, 0.5) is 5.69 Å². The number of hydrogen-bond acceptors (Lipinski definition) is 3. The Bertz CT molecular complexity index is 617. The molecule has 2 rings (SSSR count). The van der Waals surface area contributed by atoms with Crippen LogP contribution < -0.4 is 10.6 Å². The summed E-state index contributed by atoms with van der Waals surface area (Å²) in [5, 5.41) is 5.57. The fraction of sp³-hybridized carbons (Fsp3) is 0.500. The molecule has 0 aromatic heterocycles. The van der Waals surface area contributed by atoms with Crippen molar-refractivity contribution in [1.82, 2.24) is 10.6 Å². The van der Waals surface area contributed by atoms with E-state index in [0.29, 0.717) is 6.42 Å². The number of para-hydroxylation sites is 1. The Morgan fingerprint density at radius 1 is 1.13 bits per heavy atom. The van der Waals surface area contributed by atoms with Gasteiger partial charge in [0.1, 0.15) is 5.41 Å². The summed E-state index contributed by atoms with van der Waals surface area (Å²) in [5.74, 6) is -0.311. The molecule has 1 saturated heterocycles. The Kier molecular flexibility index (Phi) is 5.19. The fourth-order valence-corrected chi connectivity index (χ4v) is 3.23. The maximum Gasteiger partial charge on any atom is 0.242 e. The predicted octanol–water partition coefficient (Wildman–Crippen LogP) is 3.06. The van der Waals surface area contributed by atoms with Gasteiger partial charge < -0.3 is 0 Å². The van der Waals surface area contributed by atoms with Gasteiger partial charge in [0.2, 0.25) is 17.8 Å². The van der Waals surface area contributed by atoms with Crippen molar-refractivity contribution >= 4 is 23.5 Å². The molecule has 1 atom stereocenters. The van der Waals surface area contributed by atoms with Crippen molar-refractivity contribution < 1.29 is 9.59 Å². The predicted molar refractivity (Wildman–Crippen MR) is 91.4 cm³/mol. The van der Waals surface area contributed by atoms with Gasteiger partial charge in [0.15, 0.2) is 0 Å². The Morgan fingerprint density at radius 2 is 1.74 bits per heavy atom. The molecule has 1 fully saturated rings. The number of amides is 2. The van der Waals surface area contributed by atoms with Crippen LogP contribution in [0.25, 0.3) is 0 Å². The van der Waals surface area contributed by atoms with Gasteiger partial charge in [0.05, 0.1) is 5.69 Å². The second kappa shape index (κ2) is 6.94. The molecule has 5 heteroatoms. The maximum absolute atomic E-state index is 12.7. The van der Waals surface area contributed by atoms with E-state index in [1.54, 1.807) is 0 Å². The minimum atomic E-state index is -1.01. The van der Waals surface area contributed by atoms with E-state index in [-0.39, 0.29) is 23.7 Å². The monoisotopic (exact) mass is 315 g/mol. The average molecular weight is 315 g/mol. The number of nitrogens with zero attached hydrogens (tertiary/aromatic N) is 1. The van der Waals surface area contributed by atoms with Crippen molar-refractivity contribution in [3.8, 4) is 0 Å². The molecule has 0 saturated carbocycles. The standard InChI is InChI=1S/C18H25N3O2/c1-5-9-13(4)18(6-2)15(22)20-17(21-16(18)23)19-14-11-8-7-10-12(14)3/h7-8,10-11,13H,5-6,9H2,1-4H3,(H2,19,20,21,22,23)/t13-/m1/s1. The largest absolute Gasteiger partial charge is 0.295 e. The van der Waals surface area contributed by atoms with E-state index in [0.717, 1.165) is 24.1 Å². The zero-order chi connectivity index (χ0) is 17.0. The molecular weight excluding hydrogens is 290 g/mol. The molecule has 1 aromatic carbocycles. The first-order valence-corrected chi connectivity index (χ1v) is 8.22. The van der Waals surface area contributed by atoms with E-state index in [1.807, 2.05) is 45.0 Å². The highest BCUT2D eigenvalue weighted by atomic mass is 16.2. The summed E-state index contributed by atoms with van der Waals surface area (Å²) in [4.78, 5) is 29.8. The minimum Gasteiger partial charge on any atom is -0.295 e. The number of benzene rings is 1. The van der Waals surface area contributed by atoms with Crippen LogP contribution in [0, 0.1) is 18.3 Å². The van der Waals surface area contributed by atoms with E-state index in [1.165, 1.54) is 0 Å². The Morgan fingerprint density at radius 3 is 2.26 bits per heavy atom. The number of carbonyl (C=O) groups is 2. The summed E-state index contributed by atoms with van der Waals surface area (Å²) in [6.45, 7) is 7.85. The van der Waals surface area contributed by atoms with Crippen LogP contribution >= 0.6 is 0 Å². The smallest absolute Gasteiger partial charge is 0.242 e.